The molecule has 2 aromatic carbocycles. The Morgan fingerprint density at radius 1 is 1.10 bits per heavy atom. The lowest BCUT2D eigenvalue weighted by atomic mass is 10.2. The zero-order valence-corrected chi connectivity index (χ0v) is 16.4. The van der Waals surface area contributed by atoms with E-state index in [4.69, 9.17) is 10.5 Å². The van der Waals surface area contributed by atoms with Gasteiger partial charge in [-0.25, -0.2) is 9.18 Å². The Hall–Kier alpha value is -3.13. The smallest absolute Gasteiger partial charge is 0.340 e. The normalized spacial score (nSPS) is 14.5. The molecule has 0 spiro atoms. The number of nitrogens with two attached hydrogens (primary N) is 1. The number of piperazine rings is 1. The van der Waals surface area contributed by atoms with E-state index >= 15 is 0 Å². The number of nitrogens with zero attached hydrogens (tertiary/aromatic N) is 2. The zero-order valence-electron chi connectivity index (χ0n) is 16.4. The van der Waals surface area contributed by atoms with Gasteiger partial charge in [-0.3, -0.25) is 4.79 Å². The van der Waals surface area contributed by atoms with Crippen LogP contribution in [0.15, 0.2) is 42.5 Å². The lowest BCUT2D eigenvalue weighted by Crippen LogP contribution is -2.46. The molecule has 3 N–H and O–H groups in total. The van der Waals surface area contributed by atoms with Crippen LogP contribution in [0.3, 0.4) is 0 Å². The van der Waals surface area contributed by atoms with Gasteiger partial charge < -0.3 is 25.6 Å². The van der Waals surface area contributed by atoms with Crippen LogP contribution in [-0.4, -0.2) is 56.1 Å². The minimum atomic E-state index is -0.779. The number of benzene rings is 2. The van der Waals surface area contributed by atoms with Crippen molar-refractivity contribution in [3.05, 3.63) is 53.8 Å². The molecule has 1 amide bonds. The van der Waals surface area contributed by atoms with E-state index in [0.29, 0.717) is 5.69 Å². The van der Waals surface area contributed by atoms with Gasteiger partial charge in [0.05, 0.1) is 5.56 Å². The van der Waals surface area contributed by atoms with Crippen molar-refractivity contribution < 1.29 is 18.7 Å². The first-order valence-electron chi connectivity index (χ1n) is 9.55. The SMILES string of the molecule is CCN1CCN(c2ccc(NC(=O)COC(=O)c3ccc(F)cc3N)cc2)CC1. The van der Waals surface area contributed by atoms with E-state index < -0.39 is 24.3 Å². The van der Waals surface area contributed by atoms with Crippen LogP contribution in [0.5, 0.6) is 0 Å². The van der Waals surface area contributed by atoms with Gasteiger partial charge in [0.1, 0.15) is 5.82 Å². The largest absolute Gasteiger partial charge is 0.452 e. The van der Waals surface area contributed by atoms with Gasteiger partial charge in [-0.05, 0) is 49.0 Å². The van der Waals surface area contributed by atoms with Crippen LogP contribution in [0.2, 0.25) is 0 Å². The summed E-state index contributed by atoms with van der Waals surface area (Å²) >= 11 is 0. The van der Waals surface area contributed by atoms with E-state index in [1.807, 2.05) is 24.3 Å². The van der Waals surface area contributed by atoms with E-state index in [0.717, 1.165) is 50.5 Å². The van der Waals surface area contributed by atoms with E-state index in [1.54, 1.807) is 0 Å². The first kappa shape index (κ1) is 20.6. The van der Waals surface area contributed by atoms with Crippen LogP contribution in [0.25, 0.3) is 0 Å². The summed E-state index contributed by atoms with van der Waals surface area (Å²) in [5.41, 5.74) is 7.30. The molecule has 1 saturated heterocycles. The van der Waals surface area contributed by atoms with Crippen LogP contribution < -0.4 is 16.0 Å². The fraction of sp³-hybridized carbons (Fsp3) is 0.333. The van der Waals surface area contributed by atoms with E-state index in [9.17, 15) is 14.0 Å². The molecule has 2 aromatic rings. The van der Waals surface area contributed by atoms with Gasteiger partial charge in [0.15, 0.2) is 6.61 Å². The molecule has 0 bridgehead atoms. The number of likely N-dealkylation sites (N-methyl/N-ethyl adjacent to an activating group) is 1. The number of nitrogen functional groups attached to an aromatic ring is 1. The van der Waals surface area contributed by atoms with E-state index in [2.05, 4.69) is 22.0 Å². The fourth-order valence-electron chi connectivity index (χ4n) is 3.20. The number of hydrogen-bond donors (Lipinski definition) is 2. The number of hydrogen-bond acceptors (Lipinski definition) is 6. The molecule has 0 aromatic heterocycles. The Bertz CT molecular complexity index is 865. The average molecular weight is 400 g/mol. The third-order valence-electron chi connectivity index (χ3n) is 4.90. The number of halogens is 1. The van der Waals surface area contributed by atoms with Crippen LogP contribution in [0, 0.1) is 5.82 Å². The summed E-state index contributed by atoms with van der Waals surface area (Å²) in [5, 5.41) is 2.68. The van der Waals surface area contributed by atoms with E-state index in [-0.39, 0.29) is 11.3 Å². The lowest BCUT2D eigenvalue weighted by molar-refractivity contribution is -0.119. The maximum atomic E-state index is 13.0. The molecule has 7 nitrogen and oxygen atoms in total. The Kier molecular flexibility index (Phi) is 6.66. The first-order chi connectivity index (χ1) is 14.0. The number of esters is 1. The summed E-state index contributed by atoms with van der Waals surface area (Å²) in [4.78, 5) is 28.8. The molecular formula is C21H25FN4O3. The van der Waals surface area contributed by atoms with Gasteiger partial charge in [-0.15, -0.1) is 0 Å². The van der Waals surface area contributed by atoms with Gasteiger partial charge in [-0.1, -0.05) is 6.92 Å². The molecule has 0 aliphatic carbocycles. The lowest BCUT2D eigenvalue weighted by Gasteiger charge is -2.35. The molecule has 0 radical (unpaired) electrons. The summed E-state index contributed by atoms with van der Waals surface area (Å²) in [5.74, 6) is -1.80. The monoisotopic (exact) mass is 400 g/mol. The minimum Gasteiger partial charge on any atom is -0.452 e. The second-order valence-electron chi connectivity index (χ2n) is 6.82. The summed E-state index contributed by atoms with van der Waals surface area (Å²) in [6.07, 6.45) is 0. The predicted octanol–water partition coefficient (Wildman–Crippen LogP) is 2.35. The molecule has 0 unspecified atom stereocenters. The molecule has 3 rings (SSSR count). The Labute approximate surface area is 169 Å². The van der Waals surface area contributed by atoms with Crippen molar-refractivity contribution in [2.24, 2.45) is 0 Å². The topological polar surface area (TPSA) is 87.9 Å². The highest BCUT2D eigenvalue weighted by atomic mass is 19.1. The zero-order chi connectivity index (χ0) is 20.8. The summed E-state index contributed by atoms with van der Waals surface area (Å²) in [6.45, 7) is 6.80. The van der Waals surface area contributed by atoms with Crippen molar-refractivity contribution in [1.82, 2.24) is 4.90 Å². The second-order valence-corrected chi connectivity index (χ2v) is 6.82. The molecule has 1 aliphatic rings. The van der Waals surface area contributed by atoms with E-state index in [1.165, 1.54) is 6.07 Å². The van der Waals surface area contributed by atoms with Crippen LogP contribution in [0.1, 0.15) is 17.3 Å². The van der Waals surface area contributed by atoms with Gasteiger partial charge in [-0.2, -0.15) is 0 Å². The van der Waals surface area contributed by atoms with Crippen LogP contribution in [-0.2, 0) is 9.53 Å². The third kappa shape index (κ3) is 5.45. The number of rotatable bonds is 6. The van der Waals surface area contributed by atoms with Crippen molar-refractivity contribution in [2.75, 3.05) is 55.3 Å². The van der Waals surface area contributed by atoms with Crippen molar-refractivity contribution in [1.29, 1.82) is 0 Å². The van der Waals surface area contributed by atoms with Gasteiger partial charge >= 0.3 is 5.97 Å². The summed E-state index contributed by atoms with van der Waals surface area (Å²) in [6, 6.07) is 10.9. The number of carbonyl (C=O) groups is 2. The molecule has 8 heteroatoms. The van der Waals surface area contributed by atoms with Gasteiger partial charge in [0.2, 0.25) is 0 Å². The molecule has 1 heterocycles. The third-order valence-corrected chi connectivity index (χ3v) is 4.90. The van der Waals surface area contributed by atoms with Crippen LogP contribution in [0.4, 0.5) is 21.5 Å². The Balaban J connectivity index is 1.48. The molecule has 0 saturated carbocycles. The van der Waals surface area contributed by atoms with Crippen molar-refractivity contribution in [3.63, 3.8) is 0 Å². The molecule has 1 aliphatic heterocycles. The van der Waals surface area contributed by atoms with Crippen molar-refractivity contribution >= 4 is 28.9 Å². The maximum absolute atomic E-state index is 13.0. The molecule has 0 atom stereocenters. The van der Waals surface area contributed by atoms with Gasteiger partial charge in [0, 0.05) is 43.2 Å². The first-order valence-corrected chi connectivity index (χ1v) is 9.55. The summed E-state index contributed by atoms with van der Waals surface area (Å²) in [7, 11) is 0. The highest BCUT2D eigenvalue weighted by Crippen LogP contribution is 2.20. The number of amides is 1. The maximum Gasteiger partial charge on any atom is 0.340 e. The Morgan fingerprint density at radius 3 is 2.41 bits per heavy atom. The summed E-state index contributed by atoms with van der Waals surface area (Å²) < 4.78 is 18.0. The van der Waals surface area contributed by atoms with Gasteiger partial charge in [0.25, 0.3) is 5.91 Å². The number of carbonyl (C=O) groups excluding carboxylic acids is 2. The van der Waals surface area contributed by atoms with Crippen molar-refractivity contribution in [2.45, 2.75) is 6.92 Å². The molecule has 29 heavy (non-hydrogen) atoms. The fourth-order valence-corrected chi connectivity index (χ4v) is 3.20. The minimum absolute atomic E-state index is 0.0201. The second kappa shape index (κ2) is 9.38. The Morgan fingerprint density at radius 2 is 1.79 bits per heavy atom. The predicted molar refractivity (Wildman–Crippen MR) is 110 cm³/mol. The van der Waals surface area contributed by atoms with Crippen LogP contribution >= 0.6 is 0 Å². The number of nitrogens with one attached hydrogen (secondary N) is 1. The quantitative estimate of drug-likeness (QED) is 0.572. The number of ether oxygens (including phenoxy) is 1. The molecular weight excluding hydrogens is 375 g/mol. The highest BCUT2D eigenvalue weighted by Gasteiger charge is 2.16. The number of anilines is 3. The molecule has 154 valence electrons. The average Bonchev–Trinajstić information content (AvgIpc) is 2.73. The standard InChI is InChI=1S/C21H25FN4O3/c1-2-25-9-11-26(12-10-25)17-6-4-16(5-7-17)24-20(27)14-29-21(28)18-8-3-15(22)13-19(18)23/h3-8,13H,2,9-12,14,23H2,1H3,(H,24,27). The van der Waals surface area contributed by atoms with Crippen molar-refractivity contribution in [3.8, 4) is 0 Å². The molecule has 1 fully saturated rings. The highest BCUT2D eigenvalue weighted by molar-refractivity contribution is 5.98.